The SMILES string of the molecule is CC(=C(F)C(=O)Nc1cn(C)nc1C(N)=O)C1CC1. The molecule has 0 radical (unpaired) electrons. The number of nitrogens with two attached hydrogens (primary N) is 1. The van der Waals surface area contributed by atoms with Crippen molar-refractivity contribution in [3.63, 3.8) is 0 Å². The summed E-state index contributed by atoms with van der Waals surface area (Å²) in [5, 5.41) is 6.12. The van der Waals surface area contributed by atoms with E-state index < -0.39 is 17.6 Å². The highest BCUT2D eigenvalue weighted by molar-refractivity contribution is 6.06. The number of nitrogens with zero attached hydrogens (tertiary/aromatic N) is 2. The van der Waals surface area contributed by atoms with Gasteiger partial charge in [-0.25, -0.2) is 4.39 Å². The minimum Gasteiger partial charge on any atom is -0.364 e. The Kier molecular flexibility index (Phi) is 3.37. The Labute approximate surface area is 109 Å². The zero-order valence-corrected chi connectivity index (χ0v) is 10.7. The number of rotatable bonds is 4. The van der Waals surface area contributed by atoms with E-state index in [4.69, 9.17) is 5.73 Å². The van der Waals surface area contributed by atoms with Gasteiger partial charge in [0.15, 0.2) is 11.5 Å². The highest BCUT2D eigenvalue weighted by atomic mass is 19.1. The fourth-order valence-corrected chi connectivity index (χ4v) is 1.81. The van der Waals surface area contributed by atoms with Crippen LogP contribution in [0.4, 0.5) is 10.1 Å². The molecule has 0 atom stereocenters. The van der Waals surface area contributed by atoms with E-state index in [0.717, 1.165) is 12.8 Å². The lowest BCUT2D eigenvalue weighted by Gasteiger charge is -2.04. The number of primary amides is 1. The molecule has 6 nitrogen and oxygen atoms in total. The summed E-state index contributed by atoms with van der Waals surface area (Å²) in [5.41, 5.74) is 5.59. The van der Waals surface area contributed by atoms with Gasteiger partial charge >= 0.3 is 0 Å². The third-order valence-corrected chi connectivity index (χ3v) is 3.05. The summed E-state index contributed by atoms with van der Waals surface area (Å²) in [6.45, 7) is 1.60. The van der Waals surface area contributed by atoms with Crippen LogP contribution >= 0.6 is 0 Å². The summed E-state index contributed by atoms with van der Waals surface area (Å²) in [6.07, 6.45) is 3.22. The Morgan fingerprint density at radius 1 is 1.53 bits per heavy atom. The number of halogens is 1. The minimum atomic E-state index is -0.875. The molecule has 1 aliphatic rings. The first-order valence-electron chi connectivity index (χ1n) is 5.91. The summed E-state index contributed by atoms with van der Waals surface area (Å²) in [4.78, 5) is 22.9. The second-order valence-corrected chi connectivity index (χ2v) is 4.65. The number of carbonyl (C=O) groups is 2. The molecular formula is C12H15FN4O2. The number of aryl methyl sites for hydroxylation is 1. The maximum absolute atomic E-state index is 13.8. The Morgan fingerprint density at radius 2 is 2.16 bits per heavy atom. The molecule has 0 aliphatic heterocycles. The lowest BCUT2D eigenvalue weighted by molar-refractivity contribution is -0.114. The molecule has 0 unspecified atom stereocenters. The number of allylic oxidation sites excluding steroid dienone is 1. The largest absolute Gasteiger partial charge is 0.364 e. The van der Waals surface area contributed by atoms with Crippen LogP contribution in [-0.2, 0) is 11.8 Å². The summed E-state index contributed by atoms with van der Waals surface area (Å²) in [7, 11) is 1.57. The quantitative estimate of drug-likeness (QED) is 0.800. The van der Waals surface area contributed by atoms with Crippen LogP contribution in [0.1, 0.15) is 30.3 Å². The highest BCUT2D eigenvalue weighted by Gasteiger charge is 2.28. The number of hydrogen-bond acceptors (Lipinski definition) is 3. The van der Waals surface area contributed by atoms with Gasteiger partial charge < -0.3 is 11.1 Å². The van der Waals surface area contributed by atoms with Gasteiger partial charge in [-0.3, -0.25) is 14.3 Å². The molecule has 0 saturated heterocycles. The second-order valence-electron chi connectivity index (χ2n) is 4.65. The van der Waals surface area contributed by atoms with Crippen LogP contribution in [0.3, 0.4) is 0 Å². The Balaban J connectivity index is 2.19. The third-order valence-electron chi connectivity index (χ3n) is 3.05. The first-order chi connectivity index (χ1) is 8.90. The Bertz CT molecular complexity index is 572. The molecule has 19 heavy (non-hydrogen) atoms. The Morgan fingerprint density at radius 3 is 2.68 bits per heavy atom. The average molecular weight is 266 g/mol. The van der Waals surface area contributed by atoms with Crippen molar-refractivity contribution in [2.75, 3.05) is 5.32 Å². The number of nitrogens with one attached hydrogen (secondary N) is 1. The van der Waals surface area contributed by atoms with Crippen LogP contribution in [0, 0.1) is 5.92 Å². The van der Waals surface area contributed by atoms with Crippen LogP contribution in [0.5, 0.6) is 0 Å². The van der Waals surface area contributed by atoms with Gasteiger partial charge in [0.05, 0.1) is 5.69 Å². The lowest BCUT2D eigenvalue weighted by Crippen LogP contribution is -2.18. The van der Waals surface area contributed by atoms with E-state index in [-0.39, 0.29) is 17.3 Å². The topological polar surface area (TPSA) is 90.0 Å². The normalized spacial score (nSPS) is 15.9. The molecule has 1 aromatic rings. The van der Waals surface area contributed by atoms with Gasteiger partial charge in [-0.05, 0) is 31.3 Å². The fraction of sp³-hybridized carbons (Fsp3) is 0.417. The summed E-state index contributed by atoms with van der Waals surface area (Å²) >= 11 is 0. The van der Waals surface area contributed by atoms with Crippen molar-refractivity contribution in [3.8, 4) is 0 Å². The van der Waals surface area contributed by atoms with Gasteiger partial charge in [-0.2, -0.15) is 5.10 Å². The first kappa shape index (κ1) is 13.3. The number of aromatic nitrogens is 2. The van der Waals surface area contributed by atoms with Crippen molar-refractivity contribution in [3.05, 3.63) is 23.3 Å². The van der Waals surface area contributed by atoms with Crippen molar-refractivity contribution in [2.24, 2.45) is 18.7 Å². The van der Waals surface area contributed by atoms with Crippen molar-refractivity contribution >= 4 is 17.5 Å². The van der Waals surface area contributed by atoms with Crippen LogP contribution in [-0.4, -0.2) is 21.6 Å². The molecule has 0 spiro atoms. The van der Waals surface area contributed by atoms with Crippen LogP contribution in [0.15, 0.2) is 17.6 Å². The number of anilines is 1. The molecule has 1 saturated carbocycles. The minimum absolute atomic E-state index is 0.0901. The molecule has 2 amide bonds. The maximum atomic E-state index is 13.8. The standard InChI is InChI=1S/C12H15FN4O2/c1-6(7-3-4-7)9(13)12(19)15-8-5-17(2)16-10(8)11(14)18/h5,7H,3-4H2,1-2H3,(H2,14,18)(H,15,19). The summed E-state index contributed by atoms with van der Waals surface area (Å²) in [5.74, 6) is -2.30. The zero-order valence-electron chi connectivity index (χ0n) is 10.7. The van der Waals surface area contributed by atoms with Crippen molar-refractivity contribution in [1.82, 2.24) is 9.78 Å². The smallest absolute Gasteiger partial charge is 0.284 e. The molecule has 1 aliphatic carbocycles. The van der Waals surface area contributed by atoms with Gasteiger partial charge in [0, 0.05) is 13.2 Å². The lowest BCUT2D eigenvalue weighted by atomic mass is 10.1. The van der Waals surface area contributed by atoms with Gasteiger partial charge in [0.1, 0.15) is 0 Å². The van der Waals surface area contributed by atoms with E-state index in [0.29, 0.717) is 5.57 Å². The molecule has 2 rings (SSSR count). The predicted molar refractivity (Wildman–Crippen MR) is 66.9 cm³/mol. The fourth-order valence-electron chi connectivity index (χ4n) is 1.81. The van der Waals surface area contributed by atoms with Gasteiger partial charge in [0.2, 0.25) is 0 Å². The van der Waals surface area contributed by atoms with Gasteiger partial charge in [-0.1, -0.05) is 0 Å². The molecule has 1 fully saturated rings. The molecular weight excluding hydrogens is 251 g/mol. The van der Waals surface area contributed by atoms with E-state index >= 15 is 0 Å². The van der Waals surface area contributed by atoms with E-state index in [1.54, 1.807) is 14.0 Å². The summed E-state index contributed by atoms with van der Waals surface area (Å²) < 4.78 is 15.2. The molecule has 1 heterocycles. The van der Waals surface area contributed by atoms with E-state index in [2.05, 4.69) is 10.4 Å². The molecule has 0 aromatic carbocycles. The predicted octanol–water partition coefficient (Wildman–Crippen LogP) is 1.11. The molecule has 7 heteroatoms. The van der Waals surface area contributed by atoms with E-state index in [1.165, 1.54) is 10.9 Å². The molecule has 1 aromatic heterocycles. The number of carbonyl (C=O) groups excluding carboxylic acids is 2. The van der Waals surface area contributed by atoms with Gasteiger partial charge in [-0.15, -0.1) is 0 Å². The number of amides is 2. The highest BCUT2D eigenvalue weighted by Crippen LogP contribution is 2.38. The van der Waals surface area contributed by atoms with Crippen LogP contribution in [0.2, 0.25) is 0 Å². The van der Waals surface area contributed by atoms with Crippen molar-refractivity contribution < 1.29 is 14.0 Å². The summed E-state index contributed by atoms with van der Waals surface area (Å²) in [6, 6.07) is 0. The van der Waals surface area contributed by atoms with E-state index in [1.807, 2.05) is 0 Å². The van der Waals surface area contributed by atoms with Crippen LogP contribution < -0.4 is 11.1 Å². The van der Waals surface area contributed by atoms with Crippen molar-refractivity contribution in [2.45, 2.75) is 19.8 Å². The average Bonchev–Trinajstić information content (AvgIpc) is 3.12. The Hall–Kier alpha value is -2.18. The van der Waals surface area contributed by atoms with Crippen LogP contribution in [0.25, 0.3) is 0 Å². The molecule has 0 bridgehead atoms. The third kappa shape index (κ3) is 2.81. The molecule has 3 N–H and O–H groups in total. The van der Waals surface area contributed by atoms with E-state index in [9.17, 15) is 14.0 Å². The molecule has 102 valence electrons. The second kappa shape index (κ2) is 4.83. The monoisotopic (exact) mass is 266 g/mol. The zero-order chi connectivity index (χ0) is 14.2. The maximum Gasteiger partial charge on any atom is 0.284 e. The number of hydrogen-bond donors (Lipinski definition) is 2. The van der Waals surface area contributed by atoms with Crippen molar-refractivity contribution in [1.29, 1.82) is 0 Å². The first-order valence-corrected chi connectivity index (χ1v) is 5.91. The van der Waals surface area contributed by atoms with Gasteiger partial charge in [0.25, 0.3) is 11.8 Å².